The molecule has 1 aromatic heterocycles. The van der Waals surface area contributed by atoms with Crippen LogP contribution in [0.25, 0.3) is 0 Å². The van der Waals surface area contributed by atoms with Crippen LogP contribution in [0.3, 0.4) is 0 Å². The van der Waals surface area contributed by atoms with Gasteiger partial charge in [-0.15, -0.1) is 19.0 Å². The molecule has 0 fully saturated rings. The van der Waals surface area contributed by atoms with Gasteiger partial charge in [0.2, 0.25) is 0 Å². The average Bonchev–Trinajstić information content (AvgIpc) is 2.35. The molecular formula is C9H14ClNO. The summed E-state index contributed by atoms with van der Waals surface area (Å²) in [4.78, 5) is 0. The van der Waals surface area contributed by atoms with Crippen molar-refractivity contribution in [1.82, 2.24) is 0 Å². The molecule has 0 aliphatic rings. The van der Waals surface area contributed by atoms with E-state index >= 15 is 0 Å². The van der Waals surface area contributed by atoms with E-state index in [0.717, 1.165) is 17.6 Å². The summed E-state index contributed by atoms with van der Waals surface area (Å²) < 4.78 is 4.91. The number of rotatable bonds is 3. The quantitative estimate of drug-likeness (QED) is 0.739. The van der Waals surface area contributed by atoms with Gasteiger partial charge in [-0.2, -0.15) is 0 Å². The summed E-state index contributed by atoms with van der Waals surface area (Å²) in [6.07, 6.45) is 4.13. The summed E-state index contributed by atoms with van der Waals surface area (Å²) in [5, 5.41) is 0. The highest BCUT2D eigenvalue weighted by Gasteiger charge is 2.05. The molecule has 12 heavy (non-hydrogen) atoms. The van der Waals surface area contributed by atoms with Crippen LogP contribution in [0.4, 0.5) is 0 Å². The molecule has 0 saturated carbocycles. The molecule has 0 bridgehead atoms. The standard InChI is InChI=1S/C9H13NO.ClH/c1-7(2)5-9(10)8-3-4-11-6-8;/h3-4,6,9H,1,5,10H2,2H3;1H/t9-;/m1./s1. The first-order valence-corrected chi connectivity index (χ1v) is 3.62. The lowest BCUT2D eigenvalue weighted by Crippen LogP contribution is -2.08. The van der Waals surface area contributed by atoms with E-state index in [1.807, 2.05) is 13.0 Å². The minimum absolute atomic E-state index is 0. The van der Waals surface area contributed by atoms with Crippen molar-refractivity contribution < 1.29 is 4.42 Å². The number of hydrogen-bond donors (Lipinski definition) is 1. The average molecular weight is 188 g/mol. The minimum Gasteiger partial charge on any atom is -0.472 e. The lowest BCUT2D eigenvalue weighted by Gasteiger charge is -2.07. The second-order valence-electron chi connectivity index (χ2n) is 2.82. The van der Waals surface area contributed by atoms with E-state index in [2.05, 4.69) is 6.58 Å². The van der Waals surface area contributed by atoms with Gasteiger partial charge in [-0.3, -0.25) is 0 Å². The fraction of sp³-hybridized carbons (Fsp3) is 0.333. The van der Waals surface area contributed by atoms with Gasteiger partial charge in [0.1, 0.15) is 0 Å². The highest BCUT2D eigenvalue weighted by Crippen LogP contribution is 2.17. The fourth-order valence-corrected chi connectivity index (χ4v) is 0.979. The second-order valence-corrected chi connectivity index (χ2v) is 2.82. The van der Waals surface area contributed by atoms with Gasteiger partial charge in [0.25, 0.3) is 0 Å². The van der Waals surface area contributed by atoms with Crippen LogP contribution in [0.1, 0.15) is 24.9 Å². The van der Waals surface area contributed by atoms with E-state index in [0.29, 0.717) is 0 Å². The lowest BCUT2D eigenvalue weighted by molar-refractivity contribution is 0.558. The molecule has 2 nitrogen and oxygen atoms in total. The first-order valence-electron chi connectivity index (χ1n) is 3.62. The zero-order chi connectivity index (χ0) is 8.27. The van der Waals surface area contributed by atoms with E-state index in [-0.39, 0.29) is 18.4 Å². The monoisotopic (exact) mass is 187 g/mol. The SMILES string of the molecule is C=C(C)C[C@@H](N)c1ccoc1.Cl. The first kappa shape index (κ1) is 11.3. The van der Waals surface area contributed by atoms with Gasteiger partial charge in [-0.05, 0) is 19.4 Å². The van der Waals surface area contributed by atoms with Crippen molar-refractivity contribution in [2.24, 2.45) is 5.73 Å². The first-order chi connectivity index (χ1) is 5.20. The van der Waals surface area contributed by atoms with Gasteiger partial charge in [-0.25, -0.2) is 0 Å². The third-order valence-corrected chi connectivity index (χ3v) is 1.54. The topological polar surface area (TPSA) is 39.2 Å². The molecule has 0 unspecified atom stereocenters. The predicted molar refractivity (Wildman–Crippen MR) is 52.3 cm³/mol. The van der Waals surface area contributed by atoms with E-state index in [1.54, 1.807) is 12.5 Å². The fourth-order valence-electron chi connectivity index (χ4n) is 0.979. The van der Waals surface area contributed by atoms with Crippen molar-refractivity contribution in [2.45, 2.75) is 19.4 Å². The third-order valence-electron chi connectivity index (χ3n) is 1.54. The van der Waals surface area contributed by atoms with Crippen molar-refractivity contribution in [3.63, 3.8) is 0 Å². The van der Waals surface area contributed by atoms with Crippen molar-refractivity contribution in [3.05, 3.63) is 36.3 Å². The Morgan fingerprint density at radius 3 is 2.83 bits per heavy atom. The van der Waals surface area contributed by atoms with Gasteiger partial charge in [0, 0.05) is 11.6 Å². The Bertz CT molecular complexity index is 231. The van der Waals surface area contributed by atoms with Crippen LogP contribution < -0.4 is 5.73 Å². The summed E-state index contributed by atoms with van der Waals surface area (Å²) in [6, 6.07) is 1.92. The maximum atomic E-state index is 5.82. The van der Waals surface area contributed by atoms with Crippen LogP contribution in [-0.2, 0) is 0 Å². The largest absolute Gasteiger partial charge is 0.472 e. The maximum absolute atomic E-state index is 5.82. The number of halogens is 1. The summed E-state index contributed by atoms with van der Waals surface area (Å²) in [5.74, 6) is 0. The van der Waals surface area contributed by atoms with Gasteiger partial charge in [0.05, 0.1) is 12.5 Å². The van der Waals surface area contributed by atoms with Gasteiger partial charge < -0.3 is 10.2 Å². The Kier molecular flexibility index (Phi) is 4.71. The maximum Gasteiger partial charge on any atom is 0.0950 e. The lowest BCUT2D eigenvalue weighted by atomic mass is 10.0. The molecule has 1 rings (SSSR count). The second kappa shape index (κ2) is 5.01. The van der Waals surface area contributed by atoms with Gasteiger partial charge in [0.15, 0.2) is 0 Å². The summed E-state index contributed by atoms with van der Waals surface area (Å²) >= 11 is 0. The molecule has 0 aliphatic carbocycles. The van der Waals surface area contributed by atoms with Crippen molar-refractivity contribution in [1.29, 1.82) is 0 Å². The Morgan fingerprint density at radius 2 is 2.42 bits per heavy atom. The van der Waals surface area contributed by atoms with Crippen LogP contribution >= 0.6 is 12.4 Å². The molecule has 0 spiro atoms. The summed E-state index contributed by atoms with van der Waals surface area (Å²) in [5.41, 5.74) is 7.95. The predicted octanol–water partition coefficient (Wildman–Crippen LogP) is 2.67. The summed E-state index contributed by atoms with van der Waals surface area (Å²) in [6.45, 7) is 5.77. The zero-order valence-electron chi connectivity index (χ0n) is 7.12. The van der Waals surface area contributed by atoms with E-state index < -0.39 is 0 Å². The normalized spacial score (nSPS) is 11.8. The summed E-state index contributed by atoms with van der Waals surface area (Å²) in [7, 11) is 0. The van der Waals surface area contributed by atoms with E-state index in [4.69, 9.17) is 10.2 Å². The van der Waals surface area contributed by atoms with Crippen LogP contribution in [0, 0.1) is 0 Å². The molecule has 1 aromatic rings. The molecule has 0 aromatic carbocycles. The van der Waals surface area contributed by atoms with Crippen LogP contribution in [-0.4, -0.2) is 0 Å². The smallest absolute Gasteiger partial charge is 0.0950 e. The number of nitrogens with two attached hydrogens (primary N) is 1. The molecule has 3 heteroatoms. The molecule has 0 amide bonds. The van der Waals surface area contributed by atoms with Gasteiger partial charge in [-0.1, -0.05) is 5.57 Å². The zero-order valence-corrected chi connectivity index (χ0v) is 7.93. The van der Waals surface area contributed by atoms with Crippen LogP contribution in [0.5, 0.6) is 0 Å². The van der Waals surface area contributed by atoms with E-state index in [9.17, 15) is 0 Å². The third kappa shape index (κ3) is 3.11. The molecular weight excluding hydrogens is 174 g/mol. The minimum atomic E-state index is 0. The van der Waals surface area contributed by atoms with Crippen molar-refractivity contribution in [3.8, 4) is 0 Å². The highest BCUT2D eigenvalue weighted by atomic mass is 35.5. The Hall–Kier alpha value is -0.730. The van der Waals surface area contributed by atoms with E-state index in [1.165, 1.54) is 0 Å². The number of furan rings is 1. The molecule has 0 saturated heterocycles. The Morgan fingerprint density at radius 1 is 1.75 bits per heavy atom. The van der Waals surface area contributed by atoms with Gasteiger partial charge >= 0.3 is 0 Å². The van der Waals surface area contributed by atoms with Crippen molar-refractivity contribution in [2.75, 3.05) is 0 Å². The molecule has 68 valence electrons. The van der Waals surface area contributed by atoms with Crippen LogP contribution in [0.15, 0.2) is 35.2 Å². The van der Waals surface area contributed by atoms with Crippen molar-refractivity contribution >= 4 is 12.4 Å². The molecule has 1 atom stereocenters. The number of hydrogen-bond acceptors (Lipinski definition) is 2. The molecule has 1 heterocycles. The Balaban J connectivity index is 0.00000121. The highest BCUT2D eigenvalue weighted by molar-refractivity contribution is 5.85. The van der Waals surface area contributed by atoms with Crippen LogP contribution in [0.2, 0.25) is 0 Å². The Labute approximate surface area is 78.9 Å². The molecule has 2 N–H and O–H groups in total. The molecule has 0 radical (unpaired) electrons. The molecule has 0 aliphatic heterocycles.